The molecule has 5 nitrogen and oxygen atoms in total. The van der Waals surface area contributed by atoms with Gasteiger partial charge in [0.05, 0.1) is 18.8 Å². The van der Waals surface area contributed by atoms with Crippen molar-refractivity contribution < 1.29 is 9.48 Å². The van der Waals surface area contributed by atoms with Crippen molar-refractivity contribution in [3.8, 4) is 0 Å². The van der Waals surface area contributed by atoms with E-state index < -0.39 is 0 Å². The Balaban J connectivity index is 1.80. The Hall–Kier alpha value is -2.40. The van der Waals surface area contributed by atoms with Crippen LogP contribution in [0.25, 0.3) is 0 Å². The topological polar surface area (TPSA) is 51.4 Å². The van der Waals surface area contributed by atoms with Gasteiger partial charge in [-0.05, 0) is 12.1 Å². The number of hydroxylamine groups is 1. The third-order valence-corrected chi connectivity index (χ3v) is 3.59. The summed E-state index contributed by atoms with van der Waals surface area (Å²) in [5.74, 6) is 0.847. The van der Waals surface area contributed by atoms with Crippen LogP contribution < -0.4 is 4.90 Å². The molecular formula is C17H19N3O2. The quantitative estimate of drug-likeness (QED) is 0.375. The van der Waals surface area contributed by atoms with Crippen molar-refractivity contribution in [1.29, 1.82) is 0 Å². The summed E-state index contributed by atoms with van der Waals surface area (Å²) >= 11 is 0. The van der Waals surface area contributed by atoms with E-state index in [0.29, 0.717) is 19.8 Å². The number of aromatic nitrogens is 1. The molecule has 3 rings (SSSR count). The highest BCUT2D eigenvalue weighted by atomic mass is 16.5. The normalized spacial score (nSPS) is 15.8. The molecular weight excluding hydrogens is 278 g/mol. The van der Waals surface area contributed by atoms with Gasteiger partial charge in [-0.3, -0.25) is 0 Å². The van der Waals surface area contributed by atoms with E-state index in [2.05, 4.69) is 9.88 Å². The highest BCUT2D eigenvalue weighted by Crippen LogP contribution is 2.16. The second-order valence-electron chi connectivity index (χ2n) is 5.21. The second kappa shape index (κ2) is 7.04. The van der Waals surface area contributed by atoms with E-state index in [1.54, 1.807) is 12.4 Å². The summed E-state index contributed by atoms with van der Waals surface area (Å²) in [5.41, 5.74) is 1.83. The van der Waals surface area contributed by atoms with Gasteiger partial charge in [-0.25, -0.2) is 9.72 Å². The Morgan fingerprint density at radius 2 is 1.91 bits per heavy atom. The standard InChI is InChI=1S/C17H19N3O2/c21-20(13-15-5-2-1-3-6-15)14-16-7-4-8-18-17(16)19-9-11-22-12-10-19/h1-8,14H,9-13H2. The fourth-order valence-electron chi connectivity index (χ4n) is 2.51. The first-order valence-corrected chi connectivity index (χ1v) is 7.43. The van der Waals surface area contributed by atoms with E-state index in [1.807, 2.05) is 42.5 Å². The minimum Gasteiger partial charge on any atom is -0.624 e. The molecule has 22 heavy (non-hydrogen) atoms. The van der Waals surface area contributed by atoms with Crippen LogP contribution in [0.2, 0.25) is 0 Å². The molecule has 0 unspecified atom stereocenters. The molecule has 0 spiro atoms. The third kappa shape index (κ3) is 3.62. The predicted octanol–water partition coefficient (Wildman–Crippen LogP) is 2.05. The Morgan fingerprint density at radius 1 is 1.14 bits per heavy atom. The molecule has 1 aliphatic rings. The molecule has 1 aliphatic heterocycles. The molecule has 2 aromatic rings. The fraction of sp³-hybridized carbons (Fsp3) is 0.294. The summed E-state index contributed by atoms with van der Waals surface area (Å²) in [6.45, 7) is 3.32. The van der Waals surface area contributed by atoms with Gasteiger partial charge in [-0.1, -0.05) is 30.3 Å². The lowest BCUT2D eigenvalue weighted by Gasteiger charge is -2.28. The van der Waals surface area contributed by atoms with E-state index in [1.165, 1.54) is 0 Å². The summed E-state index contributed by atoms with van der Waals surface area (Å²) in [6.07, 6.45) is 3.37. The number of benzene rings is 1. The number of morpholine rings is 1. The van der Waals surface area contributed by atoms with Crippen LogP contribution in [0.5, 0.6) is 0 Å². The SMILES string of the molecule is [O-][N+](=Cc1cccnc1N1CCOCC1)Cc1ccccc1. The summed E-state index contributed by atoms with van der Waals surface area (Å²) < 4.78 is 6.32. The highest BCUT2D eigenvalue weighted by molar-refractivity contribution is 5.83. The molecule has 1 aromatic carbocycles. The first kappa shape index (κ1) is 14.5. The summed E-state index contributed by atoms with van der Waals surface area (Å²) in [4.78, 5) is 6.59. The fourth-order valence-corrected chi connectivity index (χ4v) is 2.51. The van der Waals surface area contributed by atoms with Crippen molar-refractivity contribution >= 4 is 12.0 Å². The van der Waals surface area contributed by atoms with Crippen LogP contribution in [-0.2, 0) is 11.3 Å². The molecule has 0 radical (unpaired) electrons. The number of pyridine rings is 1. The third-order valence-electron chi connectivity index (χ3n) is 3.59. The van der Waals surface area contributed by atoms with Gasteiger partial charge in [0.2, 0.25) is 0 Å². The van der Waals surface area contributed by atoms with Crippen molar-refractivity contribution in [3.63, 3.8) is 0 Å². The van der Waals surface area contributed by atoms with Gasteiger partial charge in [0, 0.05) is 24.8 Å². The van der Waals surface area contributed by atoms with Crippen LogP contribution in [0.4, 0.5) is 5.82 Å². The van der Waals surface area contributed by atoms with Crippen molar-refractivity contribution in [2.24, 2.45) is 0 Å². The Labute approximate surface area is 130 Å². The van der Waals surface area contributed by atoms with E-state index in [-0.39, 0.29) is 0 Å². The summed E-state index contributed by atoms with van der Waals surface area (Å²) in [7, 11) is 0. The average molecular weight is 297 g/mol. The summed E-state index contributed by atoms with van der Waals surface area (Å²) in [5, 5.41) is 12.2. The van der Waals surface area contributed by atoms with Crippen LogP contribution in [0.15, 0.2) is 48.7 Å². The van der Waals surface area contributed by atoms with E-state index in [0.717, 1.165) is 34.8 Å². The Kier molecular flexibility index (Phi) is 4.65. The van der Waals surface area contributed by atoms with Gasteiger partial charge in [-0.2, -0.15) is 0 Å². The maximum Gasteiger partial charge on any atom is 0.185 e. The lowest BCUT2D eigenvalue weighted by atomic mass is 10.2. The Morgan fingerprint density at radius 3 is 2.68 bits per heavy atom. The van der Waals surface area contributed by atoms with Crippen LogP contribution in [0.3, 0.4) is 0 Å². The van der Waals surface area contributed by atoms with Crippen molar-refractivity contribution in [3.05, 3.63) is 65.0 Å². The molecule has 114 valence electrons. The molecule has 1 saturated heterocycles. The number of hydrogen-bond donors (Lipinski definition) is 0. The minimum atomic E-state index is 0.332. The molecule has 0 atom stereocenters. The van der Waals surface area contributed by atoms with Gasteiger partial charge in [0.15, 0.2) is 12.8 Å². The van der Waals surface area contributed by atoms with E-state index >= 15 is 0 Å². The second-order valence-corrected chi connectivity index (χ2v) is 5.21. The number of hydrogen-bond acceptors (Lipinski definition) is 4. The molecule has 0 bridgehead atoms. The van der Waals surface area contributed by atoms with Gasteiger partial charge in [0.1, 0.15) is 5.82 Å². The molecule has 2 heterocycles. The van der Waals surface area contributed by atoms with Crippen LogP contribution in [0, 0.1) is 5.21 Å². The number of nitrogens with zero attached hydrogens (tertiary/aromatic N) is 3. The van der Waals surface area contributed by atoms with Crippen molar-refractivity contribution in [1.82, 2.24) is 4.98 Å². The lowest BCUT2D eigenvalue weighted by Crippen LogP contribution is -2.37. The van der Waals surface area contributed by atoms with E-state index in [9.17, 15) is 5.21 Å². The molecule has 0 aliphatic carbocycles. The molecule has 5 heteroatoms. The monoisotopic (exact) mass is 297 g/mol. The maximum atomic E-state index is 12.2. The average Bonchev–Trinajstić information content (AvgIpc) is 2.57. The smallest absolute Gasteiger partial charge is 0.185 e. The largest absolute Gasteiger partial charge is 0.624 e. The van der Waals surface area contributed by atoms with Crippen LogP contribution >= 0.6 is 0 Å². The van der Waals surface area contributed by atoms with Gasteiger partial charge in [0.25, 0.3) is 0 Å². The number of ether oxygens (including phenoxy) is 1. The minimum absolute atomic E-state index is 0.332. The van der Waals surface area contributed by atoms with Crippen molar-refractivity contribution in [2.45, 2.75) is 6.54 Å². The zero-order chi connectivity index (χ0) is 15.2. The lowest BCUT2D eigenvalue weighted by molar-refractivity contribution is -0.469. The van der Waals surface area contributed by atoms with E-state index in [4.69, 9.17) is 4.74 Å². The van der Waals surface area contributed by atoms with Gasteiger partial charge >= 0.3 is 0 Å². The first-order chi connectivity index (χ1) is 10.8. The first-order valence-electron chi connectivity index (χ1n) is 7.43. The molecule has 1 aromatic heterocycles. The van der Waals surface area contributed by atoms with Crippen LogP contribution in [0.1, 0.15) is 11.1 Å². The highest BCUT2D eigenvalue weighted by Gasteiger charge is 2.16. The van der Waals surface area contributed by atoms with Gasteiger partial charge in [-0.15, -0.1) is 0 Å². The number of anilines is 1. The molecule has 0 saturated carbocycles. The zero-order valence-electron chi connectivity index (χ0n) is 12.4. The molecule has 1 fully saturated rings. The molecule has 0 N–H and O–H groups in total. The summed E-state index contributed by atoms with van der Waals surface area (Å²) in [6, 6.07) is 13.5. The Bertz CT molecular complexity index is 637. The molecule has 0 amide bonds. The maximum absolute atomic E-state index is 12.2. The van der Waals surface area contributed by atoms with Gasteiger partial charge < -0.3 is 14.8 Å². The van der Waals surface area contributed by atoms with Crippen molar-refractivity contribution in [2.75, 3.05) is 31.2 Å². The zero-order valence-corrected chi connectivity index (χ0v) is 12.4. The predicted molar refractivity (Wildman–Crippen MR) is 86.2 cm³/mol. The number of rotatable bonds is 4. The van der Waals surface area contributed by atoms with Crippen LogP contribution in [-0.4, -0.2) is 42.2 Å².